The minimum Gasteiger partial charge on any atom is -0.490 e. The van der Waals surface area contributed by atoms with Crippen LogP contribution in [0.15, 0.2) is 84.0 Å². The summed E-state index contributed by atoms with van der Waals surface area (Å²) < 4.78 is 11.3. The molecule has 0 fully saturated rings. The Morgan fingerprint density at radius 1 is 0.914 bits per heavy atom. The molecule has 35 heavy (non-hydrogen) atoms. The lowest BCUT2D eigenvalue weighted by Gasteiger charge is -2.12. The molecule has 0 bridgehead atoms. The van der Waals surface area contributed by atoms with Crippen molar-refractivity contribution in [3.05, 3.63) is 106 Å². The quantitative estimate of drug-likeness (QED) is 0.134. The van der Waals surface area contributed by atoms with Crippen LogP contribution in [-0.4, -0.2) is 24.7 Å². The summed E-state index contributed by atoms with van der Waals surface area (Å²) in [4.78, 5) is 25.2. The number of ether oxygens (including phenoxy) is 2. The van der Waals surface area contributed by atoms with Gasteiger partial charge in [0.25, 0.3) is 5.91 Å². The number of hydrazone groups is 1. The van der Waals surface area contributed by atoms with Crippen molar-refractivity contribution in [2.45, 2.75) is 6.92 Å². The lowest BCUT2D eigenvalue weighted by Crippen LogP contribution is -2.18. The third-order valence-corrected chi connectivity index (χ3v) is 5.58. The number of carbonyl (C=O) groups excluding carboxylic acids is 2. The summed E-state index contributed by atoms with van der Waals surface area (Å²) in [6.45, 7) is 2.19. The smallest absolute Gasteiger partial charge is 0.344 e. The van der Waals surface area contributed by atoms with Gasteiger partial charge in [-0.3, -0.25) is 4.79 Å². The van der Waals surface area contributed by atoms with Crippen LogP contribution in [0.3, 0.4) is 0 Å². The molecule has 0 heterocycles. The number of fused-ring (bicyclic) bond motifs is 1. The Balaban J connectivity index is 1.50. The first-order valence-electron chi connectivity index (χ1n) is 10.7. The van der Waals surface area contributed by atoms with Crippen LogP contribution in [0.1, 0.15) is 33.2 Å². The first kappa shape index (κ1) is 24.3. The summed E-state index contributed by atoms with van der Waals surface area (Å²) >= 11 is 11.9. The molecule has 6 nitrogen and oxygen atoms in total. The number of benzene rings is 4. The average molecular weight is 507 g/mol. The SMILES string of the molecule is CCOc1cc(/C=N/NC(=O)c2ccc(Cl)cc2Cl)ccc1OC(=O)c1cccc2ccccc12. The van der Waals surface area contributed by atoms with E-state index in [9.17, 15) is 9.59 Å². The van der Waals surface area contributed by atoms with Crippen molar-refractivity contribution >= 4 is 52.1 Å². The maximum absolute atomic E-state index is 12.9. The highest BCUT2D eigenvalue weighted by Gasteiger charge is 2.16. The van der Waals surface area contributed by atoms with E-state index < -0.39 is 11.9 Å². The van der Waals surface area contributed by atoms with Crippen LogP contribution in [0.2, 0.25) is 10.0 Å². The summed E-state index contributed by atoms with van der Waals surface area (Å²) in [6, 6.07) is 22.6. The van der Waals surface area contributed by atoms with Crippen LogP contribution in [0.4, 0.5) is 0 Å². The molecule has 0 spiro atoms. The van der Waals surface area contributed by atoms with Gasteiger partial charge in [0.05, 0.1) is 29.0 Å². The number of amides is 1. The fourth-order valence-electron chi connectivity index (χ4n) is 3.42. The molecule has 0 aliphatic heterocycles. The van der Waals surface area contributed by atoms with Gasteiger partial charge in [-0.25, -0.2) is 10.2 Å². The third kappa shape index (κ3) is 5.80. The lowest BCUT2D eigenvalue weighted by molar-refractivity contribution is 0.0730. The van der Waals surface area contributed by atoms with E-state index in [1.807, 2.05) is 43.3 Å². The van der Waals surface area contributed by atoms with E-state index in [-0.39, 0.29) is 16.3 Å². The minimum atomic E-state index is -0.490. The van der Waals surface area contributed by atoms with Crippen LogP contribution in [0.5, 0.6) is 11.5 Å². The molecule has 8 heteroatoms. The van der Waals surface area contributed by atoms with Gasteiger partial charge in [-0.05, 0) is 65.7 Å². The highest BCUT2D eigenvalue weighted by Crippen LogP contribution is 2.30. The second kappa shape index (κ2) is 11.0. The third-order valence-electron chi connectivity index (χ3n) is 5.04. The van der Waals surface area contributed by atoms with Crippen molar-refractivity contribution < 1.29 is 19.1 Å². The number of carbonyl (C=O) groups is 2. The first-order valence-corrected chi connectivity index (χ1v) is 11.5. The van der Waals surface area contributed by atoms with E-state index in [2.05, 4.69) is 10.5 Å². The molecular formula is C27H20Cl2N2O4. The molecule has 4 aromatic rings. The predicted molar refractivity (Wildman–Crippen MR) is 138 cm³/mol. The molecule has 176 valence electrons. The van der Waals surface area contributed by atoms with Gasteiger partial charge in [0.15, 0.2) is 11.5 Å². The highest BCUT2D eigenvalue weighted by atomic mass is 35.5. The van der Waals surface area contributed by atoms with Gasteiger partial charge < -0.3 is 9.47 Å². The van der Waals surface area contributed by atoms with Crippen molar-refractivity contribution in [2.24, 2.45) is 5.10 Å². The molecule has 0 saturated heterocycles. The maximum atomic E-state index is 12.9. The van der Waals surface area contributed by atoms with Crippen LogP contribution < -0.4 is 14.9 Å². The molecule has 0 aliphatic carbocycles. The molecule has 4 rings (SSSR count). The minimum absolute atomic E-state index is 0.223. The Labute approximate surface area is 212 Å². The molecular weight excluding hydrogens is 487 g/mol. The Morgan fingerprint density at radius 2 is 1.71 bits per heavy atom. The van der Waals surface area contributed by atoms with Gasteiger partial charge in [0.2, 0.25) is 0 Å². The first-order chi connectivity index (χ1) is 17.0. The topological polar surface area (TPSA) is 77.0 Å². The Hall–Kier alpha value is -3.87. The largest absolute Gasteiger partial charge is 0.490 e. The van der Waals surface area contributed by atoms with Gasteiger partial charge in [-0.2, -0.15) is 5.10 Å². The number of nitrogens with zero attached hydrogens (tertiary/aromatic N) is 1. The fraction of sp³-hybridized carbons (Fsp3) is 0.0741. The highest BCUT2D eigenvalue weighted by molar-refractivity contribution is 6.36. The number of esters is 1. The Kier molecular flexibility index (Phi) is 7.65. The number of hydrogen-bond donors (Lipinski definition) is 1. The lowest BCUT2D eigenvalue weighted by atomic mass is 10.0. The molecule has 4 aromatic carbocycles. The van der Waals surface area contributed by atoms with Gasteiger partial charge >= 0.3 is 5.97 Å². The predicted octanol–water partition coefficient (Wildman–Crippen LogP) is 6.53. The summed E-state index contributed by atoms with van der Waals surface area (Å²) in [5.74, 6) is -0.319. The monoisotopic (exact) mass is 506 g/mol. The van der Waals surface area contributed by atoms with Gasteiger partial charge in [0, 0.05) is 5.02 Å². The van der Waals surface area contributed by atoms with E-state index in [0.717, 1.165) is 10.8 Å². The van der Waals surface area contributed by atoms with Gasteiger partial charge in [0.1, 0.15) is 0 Å². The van der Waals surface area contributed by atoms with Crippen molar-refractivity contribution in [3.63, 3.8) is 0 Å². The second-order valence-corrected chi connectivity index (χ2v) is 8.22. The van der Waals surface area contributed by atoms with E-state index >= 15 is 0 Å². The summed E-state index contributed by atoms with van der Waals surface area (Å²) in [7, 11) is 0. The van der Waals surface area contributed by atoms with Crippen molar-refractivity contribution in [1.82, 2.24) is 5.43 Å². The van der Waals surface area contributed by atoms with Crippen molar-refractivity contribution in [2.75, 3.05) is 6.61 Å². The zero-order valence-corrected chi connectivity index (χ0v) is 20.1. The molecule has 1 amide bonds. The number of nitrogens with one attached hydrogen (secondary N) is 1. The van der Waals surface area contributed by atoms with Crippen LogP contribution in [0, 0.1) is 0 Å². The second-order valence-electron chi connectivity index (χ2n) is 7.38. The summed E-state index contributed by atoms with van der Waals surface area (Å²) in [5, 5.41) is 6.38. The number of hydrogen-bond acceptors (Lipinski definition) is 5. The molecule has 1 N–H and O–H groups in total. The van der Waals surface area contributed by atoms with E-state index in [0.29, 0.717) is 28.5 Å². The Bertz CT molecular complexity index is 1430. The molecule has 0 aromatic heterocycles. The summed E-state index contributed by atoms with van der Waals surface area (Å²) in [5.41, 5.74) is 3.75. The van der Waals surface area contributed by atoms with E-state index in [4.69, 9.17) is 32.7 Å². The zero-order chi connectivity index (χ0) is 24.8. The number of halogens is 2. The normalized spacial score (nSPS) is 10.9. The van der Waals surface area contributed by atoms with Crippen LogP contribution in [-0.2, 0) is 0 Å². The van der Waals surface area contributed by atoms with Crippen molar-refractivity contribution in [3.8, 4) is 11.5 Å². The molecule has 0 aliphatic rings. The van der Waals surface area contributed by atoms with E-state index in [1.165, 1.54) is 18.3 Å². The molecule has 0 unspecified atom stereocenters. The van der Waals surface area contributed by atoms with Gasteiger partial charge in [-0.1, -0.05) is 59.6 Å². The standard InChI is InChI=1S/C27H20Cl2N2O4/c1-2-34-25-14-17(16-30-31-26(32)22-12-11-19(28)15-23(22)29)10-13-24(25)35-27(33)21-9-5-7-18-6-3-4-8-20(18)21/h3-16H,2H2,1H3,(H,31,32)/b30-16+. The Morgan fingerprint density at radius 3 is 2.51 bits per heavy atom. The molecule has 0 saturated carbocycles. The van der Waals surface area contributed by atoms with Gasteiger partial charge in [-0.15, -0.1) is 0 Å². The average Bonchev–Trinajstić information content (AvgIpc) is 2.85. The van der Waals surface area contributed by atoms with Crippen LogP contribution >= 0.6 is 23.2 Å². The van der Waals surface area contributed by atoms with Crippen molar-refractivity contribution in [1.29, 1.82) is 0 Å². The maximum Gasteiger partial charge on any atom is 0.344 e. The fourth-order valence-corrected chi connectivity index (χ4v) is 3.91. The summed E-state index contributed by atoms with van der Waals surface area (Å²) in [6.07, 6.45) is 1.44. The zero-order valence-electron chi connectivity index (χ0n) is 18.6. The van der Waals surface area contributed by atoms with E-state index in [1.54, 1.807) is 30.3 Å². The van der Waals surface area contributed by atoms with Crippen LogP contribution in [0.25, 0.3) is 10.8 Å². The number of rotatable bonds is 7. The molecule has 0 radical (unpaired) electrons. The molecule has 0 atom stereocenters.